The van der Waals surface area contributed by atoms with Gasteiger partial charge in [-0.05, 0) is 26.0 Å². The number of anilines is 2. The zero-order chi connectivity index (χ0) is 23.9. The number of piperazine rings is 1. The molecule has 2 aromatic rings. The Morgan fingerprint density at radius 3 is 2.76 bits per heavy atom. The normalized spacial score (nSPS) is 22.3. The van der Waals surface area contributed by atoms with E-state index in [0.29, 0.717) is 40.5 Å². The van der Waals surface area contributed by atoms with Crippen LogP contribution in [0.15, 0.2) is 18.5 Å². The number of fused-ring (bicyclic) bond motifs is 1. The topological polar surface area (TPSA) is 111 Å². The van der Waals surface area contributed by atoms with Crippen LogP contribution >= 0.6 is 22.9 Å². The number of halogens is 1. The highest BCUT2D eigenvalue weighted by Crippen LogP contribution is 2.38. The molecule has 1 fully saturated rings. The largest absolute Gasteiger partial charge is 0.374 e. The van der Waals surface area contributed by atoms with Gasteiger partial charge in [0.15, 0.2) is 5.60 Å². The highest BCUT2D eigenvalue weighted by molar-refractivity contribution is 7.16. The van der Waals surface area contributed by atoms with Crippen molar-refractivity contribution in [3.05, 3.63) is 33.2 Å². The third-order valence-electron chi connectivity index (χ3n) is 6.22. The van der Waals surface area contributed by atoms with E-state index in [9.17, 15) is 14.7 Å². The molecule has 3 atom stereocenters. The summed E-state index contributed by atoms with van der Waals surface area (Å²) in [5.74, 6) is 0.492. The van der Waals surface area contributed by atoms with Crippen molar-refractivity contribution in [3.8, 4) is 0 Å². The van der Waals surface area contributed by atoms with Crippen LogP contribution in [0.4, 0.5) is 11.6 Å². The molecule has 2 amide bonds. The van der Waals surface area contributed by atoms with Crippen molar-refractivity contribution in [2.75, 3.05) is 36.4 Å². The van der Waals surface area contributed by atoms with Crippen LogP contribution in [0.3, 0.4) is 0 Å². The number of amides is 2. The second-order valence-electron chi connectivity index (χ2n) is 8.96. The molecule has 0 spiro atoms. The first kappa shape index (κ1) is 23.9. The summed E-state index contributed by atoms with van der Waals surface area (Å²) in [6.45, 7) is 9.29. The Hall–Kier alpha value is -2.27. The van der Waals surface area contributed by atoms with E-state index < -0.39 is 5.60 Å². The first-order chi connectivity index (χ1) is 15.6. The molecule has 0 aliphatic carbocycles. The molecule has 1 unspecified atom stereocenters. The fourth-order valence-electron chi connectivity index (χ4n) is 4.34. The zero-order valence-electron chi connectivity index (χ0n) is 19.1. The number of nitrogens with zero attached hydrogens (tertiary/aromatic N) is 4. The maximum absolute atomic E-state index is 13.7. The molecule has 0 aromatic carbocycles. The van der Waals surface area contributed by atoms with Gasteiger partial charge in [0.2, 0.25) is 5.91 Å². The minimum Gasteiger partial charge on any atom is -0.374 e. The quantitative estimate of drug-likeness (QED) is 0.566. The summed E-state index contributed by atoms with van der Waals surface area (Å²) in [6.07, 6.45) is 1.45. The van der Waals surface area contributed by atoms with E-state index in [0.717, 1.165) is 5.56 Å². The molecular weight excluding hydrogens is 464 g/mol. The van der Waals surface area contributed by atoms with Crippen LogP contribution in [-0.2, 0) is 15.2 Å². The number of aliphatic hydroxyl groups is 1. The van der Waals surface area contributed by atoms with Crippen molar-refractivity contribution in [1.29, 1.82) is 0 Å². The molecule has 3 N–H and O–H groups in total. The summed E-state index contributed by atoms with van der Waals surface area (Å²) in [5, 5.41) is 17.6. The molecule has 4 heterocycles. The number of aromatic nitrogens is 2. The number of rotatable bonds is 6. The monoisotopic (exact) mass is 492 g/mol. The van der Waals surface area contributed by atoms with Gasteiger partial charge < -0.3 is 25.5 Å². The molecule has 4 rings (SSSR count). The van der Waals surface area contributed by atoms with Crippen molar-refractivity contribution in [2.45, 2.75) is 51.3 Å². The SMILES string of the molecule is CC(C)NC[C@@](O)(C(=O)N1CCN(c2ncnc3c2C(C)C(=O)N3)C[C@H]1C)c1ccc(Cl)s1. The van der Waals surface area contributed by atoms with Crippen LogP contribution in [-0.4, -0.2) is 70.1 Å². The van der Waals surface area contributed by atoms with Gasteiger partial charge in [-0.3, -0.25) is 9.59 Å². The third kappa shape index (κ3) is 4.44. The van der Waals surface area contributed by atoms with Gasteiger partial charge in [-0.25, -0.2) is 9.97 Å². The average molecular weight is 493 g/mol. The Bertz CT molecular complexity index is 1060. The van der Waals surface area contributed by atoms with E-state index in [1.807, 2.05) is 27.7 Å². The lowest BCUT2D eigenvalue weighted by atomic mass is 9.97. The Labute approximate surface area is 202 Å². The summed E-state index contributed by atoms with van der Waals surface area (Å²) < 4.78 is 0.522. The molecule has 11 heteroatoms. The van der Waals surface area contributed by atoms with Crippen LogP contribution in [0.5, 0.6) is 0 Å². The standard InChI is InChI=1S/C22H29ClN6O3S/c1-12(2)24-10-22(32,15-5-6-16(23)33-15)21(31)29-8-7-28(9-13(29)3)19-17-14(4)20(30)27-18(17)25-11-26-19/h5-6,11-14,24,32H,7-10H2,1-4H3,(H,25,26,27,30)/t13-,14?,22+/m1/s1. The second-order valence-corrected chi connectivity index (χ2v) is 10.7. The number of carbonyl (C=O) groups excluding carboxylic acids is 2. The Balaban J connectivity index is 1.56. The predicted octanol–water partition coefficient (Wildman–Crippen LogP) is 2.17. The minimum atomic E-state index is -1.71. The van der Waals surface area contributed by atoms with Gasteiger partial charge in [0.05, 0.1) is 10.3 Å². The highest BCUT2D eigenvalue weighted by atomic mass is 35.5. The molecule has 2 aliphatic rings. The highest BCUT2D eigenvalue weighted by Gasteiger charge is 2.45. The smallest absolute Gasteiger partial charge is 0.261 e. The number of thiophene rings is 1. The van der Waals surface area contributed by atoms with Crippen molar-refractivity contribution >= 4 is 46.4 Å². The first-order valence-corrected chi connectivity index (χ1v) is 12.2. The summed E-state index contributed by atoms with van der Waals surface area (Å²) in [7, 11) is 0. The van der Waals surface area contributed by atoms with E-state index in [1.54, 1.807) is 17.0 Å². The van der Waals surface area contributed by atoms with Crippen LogP contribution in [0.25, 0.3) is 0 Å². The van der Waals surface area contributed by atoms with E-state index in [2.05, 4.69) is 25.5 Å². The molecule has 2 aromatic heterocycles. The molecular formula is C22H29ClN6O3S. The first-order valence-electron chi connectivity index (χ1n) is 11.0. The molecule has 33 heavy (non-hydrogen) atoms. The molecule has 1 saturated heterocycles. The third-order valence-corrected chi connectivity index (χ3v) is 7.60. The van der Waals surface area contributed by atoms with Gasteiger partial charge in [-0.1, -0.05) is 25.4 Å². The summed E-state index contributed by atoms with van der Waals surface area (Å²) >= 11 is 7.33. The number of hydrogen-bond donors (Lipinski definition) is 3. The lowest BCUT2D eigenvalue weighted by molar-refractivity contribution is -0.154. The van der Waals surface area contributed by atoms with E-state index in [1.165, 1.54) is 17.7 Å². The van der Waals surface area contributed by atoms with E-state index in [-0.39, 0.29) is 36.4 Å². The molecule has 0 saturated carbocycles. The molecule has 0 bridgehead atoms. The molecule has 178 valence electrons. The van der Waals surface area contributed by atoms with Gasteiger partial charge in [0.1, 0.15) is 18.0 Å². The molecule has 2 aliphatic heterocycles. The van der Waals surface area contributed by atoms with Gasteiger partial charge >= 0.3 is 0 Å². The van der Waals surface area contributed by atoms with Crippen LogP contribution in [0.2, 0.25) is 4.34 Å². The van der Waals surface area contributed by atoms with Gasteiger partial charge in [0.25, 0.3) is 5.91 Å². The number of nitrogens with one attached hydrogen (secondary N) is 2. The fraction of sp³-hybridized carbons (Fsp3) is 0.545. The average Bonchev–Trinajstić information content (AvgIpc) is 3.34. The van der Waals surface area contributed by atoms with Crippen molar-refractivity contribution in [1.82, 2.24) is 20.2 Å². The lowest BCUT2D eigenvalue weighted by Crippen LogP contribution is -2.61. The Morgan fingerprint density at radius 2 is 2.12 bits per heavy atom. The fourth-order valence-corrected chi connectivity index (χ4v) is 5.46. The zero-order valence-corrected chi connectivity index (χ0v) is 20.7. The van der Waals surface area contributed by atoms with Crippen LogP contribution in [0.1, 0.15) is 44.1 Å². The van der Waals surface area contributed by atoms with Crippen molar-refractivity contribution in [3.63, 3.8) is 0 Å². The van der Waals surface area contributed by atoms with Crippen molar-refractivity contribution < 1.29 is 14.7 Å². The van der Waals surface area contributed by atoms with Crippen LogP contribution < -0.4 is 15.5 Å². The molecule has 0 radical (unpaired) electrons. The predicted molar refractivity (Wildman–Crippen MR) is 129 cm³/mol. The number of carbonyl (C=O) groups is 2. The van der Waals surface area contributed by atoms with Crippen molar-refractivity contribution in [2.24, 2.45) is 0 Å². The Kier molecular flexibility index (Phi) is 6.63. The van der Waals surface area contributed by atoms with E-state index >= 15 is 0 Å². The van der Waals surface area contributed by atoms with Gasteiger partial charge in [-0.15, -0.1) is 11.3 Å². The van der Waals surface area contributed by atoms with E-state index in [4.69, 9.17) is 11.6 Å². The number of hydrogen-bond acceptors (Lipinski definition) is 8. The van der Waals surface area contributed by atoms with Crippen LogP contribution in [0, 0.1) is 0 Å². The summed E-state index contributed by atoms with van der Waals surface area (Å²) in [6, 6.07) is 3.33. The molecule has 9 nitrogen and oxygen atoms in total. The van der Waals surface area contributed by atoms with Gasteiger partial charge in [-0.2, -0.15) is 0 Å². The lowest BCUT2D eigenvalue weighted by Gasteiger charge is -2.43. The maximum atomic E-state index is 13.7. The maximum Gasteiger partial charge on any atom is 0.261 e. The van der Waals surface area contributed by atoms with Gasteiger partial charge in [0, 0.05) is 48.7 Å². The summed E-state index contributed by atoms with van der Waals surface area (Å²) in [4.78, 5) is 38.8. The second kappa shape index (κ2) is 9.17. The summed E-state index contributed by atoms with van der Waals surface area (Å²) in [5.41, 5.74) is -0.917. The minimum absolute atomic E-state index is 0.0917. The Morgan fingerprint density at radius 1 is 1.36 bits per heavy atom.